The zero-order chi connectivity index (χ0) is 31.3. The molecule has 234 valence electrons. The van der Waals surface area contributed by atoms with E-state index in [-0.39, 0.29) is 36.5 Å². The van der Waals surface area contributed by atoms with E-state index >= 15 is 0 Å². The Kier molecular flexibility index (Phi) is 10.4. The normalized spacial score (nSPS) is 21.3. The fourth-order valence-electron chi connectivity index (χ4n) is 6.00. The molecule has 1 heterocycles. The van der Waals surface area contributed by atoms with Crippen LogP contribution in [0.15, 0.2) is 42.5 Å². The standard InChI is InChI=1S/C34H47N3O6/c1-23-18-28(13-10-27(23)22-36-16-17-37(24(2)21-36)33(41)43-34(3,4)5)35(6)32(40)26-11-14-29(15-12-26)42-30-9-7-8-25(19-30)20-31(38)39/h7-10,13,18-19,24,26,29H,11-12,14-17,20-22H2,1-6H3,(H,38,39)/t24-,26?,29?/m0/s1. The lowest BCUT2D eigenvalue weighted by Crippen LogP contribution is -2.54. The Morgan fingerprint density at radius 3 is 2.37 bits per heavy atom. The highest BCUT2D eigenvalue weighted by atomic mass is 16.6. The van der Waals surface area contributed by atoms with Gasteiger partial charge in [-0.2, -0.15) is 0 Å². The van der Waals surface area contributed by atoms with Crippen molar-refractivity contribution in [1.29, 1.82) is 0 Å². The second-order valence-electron chi connectivity index (χ2n) is 13.1. The molecule has 2 fully saturated rings. The van der Waals surface area contributed by atoms with Gasteiger partial charge in [0.25, 0.3) is 0 Å². The minimum atomic E-state index is -0.866. The first-order valence-corrected chi connectivity index (χ1v) is 15.4. The van der Waals surface area contributed by atoms with Gasteiger partial charge in [0.15, 0.2) is 0 Å². The number of anilines is 1. The van der Waals surface area contributed by atoms with Crippen LogP contribution in [0, 0.1) is 12.8 Å². The van der Waals surface area contributed by atoms with Gasteiger partial charge >= 0.3 is 12.1 Å². The lowest BCUT2D eigenvalue weighted by atomic mass is 9.86. The molecule has 1 aliphatic heterocycles. The number of ether oxygens (including phenoxy) is 2. The second-order valence-corrected chi connectivity index (χ2v) is 13.1. The van der Waals surface area contributed by atoms with Gasteiger partial charge in [-0.05, 0) is 101 Å². The van der Waals surface area contributed by atoms with Crippen LogP contribution in [0.1, 0.15) is 70.1 Å². The van der Waals surface area contributed by atoms with Gasteiger partial charge in [0, 0.05) is 50.9 Å². The van der Waals surface area contributed by atoms with Crippen molar-refractivity contribution in [2.75, 3.05) is 31.6 Å². The van der Waals surface area contributed by atoms with Crippen LogP contribution >= 0.6 is 0 Å². The average molecular weight is 594 g/mol. The summed E-state index contributed by atoms with van der Waals surface area (Å²) in [7, 11) is 1.85. The number of amides is 2. The number of aryl methyl sites for hydroxylation is 1. The maximum absolute atomic E-state index is 13.4. The molecule has 1 saturated carbocycles. The predicted molar refractivity (Wildman–Crippen MR) is 166 cm³/mol. The molecular weight excluding hydrogens is 546 g/mol. The second kappa shape index (κ2) is 13.8. The highest BCUT2D eigenvalue weighted by Crippen LogP contribution is 2.31. The zero-order valence-corrected chi connectivity index (χ0v) is 26.5. The maximum Gasteiger partial charge on any atom is 0.410 e. The van der Waals surface area contributed by atoms with Crippen LogP contribution in [0.4, 0.5) is 10.5 Å². The molecule has 2 amide bonds. The van der Waals surface area contributed by atoms with Crippen LogP contribution in [0.3, 0.4) is 0 Å². The summed E-state index contributed by atoms with van der Waals surface area (Å²) in [6, 6.07) is 13.5. The molecule has 2 aromatic rings. The number of aliphatic carboxylic acids is 1. The van der Waals surface area contributed by atoms with Crippen molar-refractivity contribution in [2.45, 2.75) is 91.0 Å². The van der Waals surface area contributed by atoms with E-state index in [0.717, 1.165) is 56.6 Å². The molecule has 9 heteroatoms. The molecule has 1 saturated heterocycles. The number of hydrogen-bond donors (Lipinski definition) is 1. The summed E-state index contributed by atoms with van der Waals surface area (Å²) in [5.74, 6) is -0.109. The van der Waals surface area contributed by atoms with Gasteiger partial charge in [0.05, 0.1) is 12.5 Å². The summed E-state index contributed by atoms with van der Waals surface area (Å²) in [5, 5.41) is 9.05. The Balaban J connectivity index is 1.27. The number of carboxylic acids is 1. The lowest BCUT2D eigenvalue weighted by Gasteiger charge is -2.40. The zero-order valence-electron chi connectivity index (χ0n) is 26.5. The summed E-state index contributed by atoms with van der Waals surface area (Å²) < 4.78 is 11.7. The topological polar surface area (TPSA) is 99.6 Å². The van der Waals surface area contributed by atoms with Crippen molar-refractivity contribution in [3.05, 3.63) is 59.2 Å². The third-order valence-electron chi connectivity index (χ3n) is 8.36. The Hall–Kier alpha value is -3.59. The Morgan fingerprint density at radius 2 is 1.74 bits per heavy atom. The molecule has 43 heavy (non-hydrogen) atoms. The summed E-state index contributed by atoms with van der Waals surface area (Å²) in [5.41, 5.74) is 3.46. The van der Waals surface area contributed by atoms with Crippen molar-refractivity contribution in [3.63, 3.8) is 0 Å². The predicted octanol–water partition coefficient (Wildman–Crippen LogP) is 5.66. The number of carbonyl (C=O) groups excluding carboxylic acids is 2. The Labute approximate surface area is 255 Å². The number of hydrogen-bond acceptors (Lipinski definition) is 6. The van der Waals surface area contributed by atoms with Crippen LogP contribution in [0.25, 0.3) is 0 Å². The third kappa shape index (κ3) is 8.95. The van der Waals surface area contributed by atoms with Crippen LogP contribution in [0.5, 0.6) is 5.75 Å². The van der Waals surface area contributed by atoms with Crippen molar-refractivity contribution in [1.82, 2.24) is 9.80 Å². The SMILES string of the molecule is Cc1cc(N(C)C(=O)C2CCC(Oc3cccc(CC(=O)O)c3)CC2)ccc1CN1CCN(C(=O)OC(C)(C)C)[C@@H](C)C1. The van der Waals surface area contributed by atoms with E-state index in [1.165, 1.54) is 5.56 Å². The minimum absolute atomic E-state index is 0.0182. The quantitative estimate of drug-likeness (QED) is 0.421. The molecule has 0 unspecified atom stereocenters. The smallest absolute Gasteiger partial charge is 0.410 e. The number of benzene rings is 2. The molecule has 2 aromatic carbocycles. The first-order valence-electron chi connectivity index (χ1n) is 15.4. The molecule has 0 bridgehead atoms. The van der Waals surface area contributed by atoms with E-state index in [0.29, 0.717) is 17.9 Å². The fourth-order valence-corrected chi connectivity index (χ4v) is 6.00. The van der Waals surface area contributed by atoms with Gasteiger partial charge < -0.3 is 24.4 Å². The summed E-state index contributed by atoms with van der Waals surface area (Å²) in [4.78, 5) is 43.0. The molecular formula is C34H47N3O6. The Bertz CT molecular complexity index is 1300. The number of rotatable bonds is 8. The lowest BCUT2D eigenvalue weighted by molar-refractivity contribution is -0.136. The van der Waals surface area contributed by atoms with Crippen LogP contribution in [0.2, 0.25) is 0 Å². The van der Waals surface area contributed by atoms with E-state index < -0.39 is 11.6 Å². The number of carbonyl (C=O) groups is 3. The summed E-state index contributed by atoms with van der Waals surface area (Å²) in [6.45, 7) is 12.8. The largest absolute Gasteiger partial charge is 0.490 e. The van der Waals surface area contributed by atoms with Crippen molar-refractivity contribution in [2.24, 2.45) is 5.92 Å². The molecule has 0 radical (unpaired) electrons. The van der Waals surface area contributed by atoms with Crippen LogP contribution < -0.4 is 9.64 Å². The summed E-state index contributed by atoms with van der Waals surface area (Å²) >= 11 is 0. The van der Waals surface area contributed by atoms with Crippen molar-refractivity contribution >= 4 is 23.7 Å². The van der Waals surface area contributed by atoms with E-state index in [9.17, 15) is 14.4 Å². The minimum Gasteiger partial charge on any atom is -0.490 e. The summed E-state index contributed by atoms with van der Waals surface area (Å²) in [6.07, 6.45) is 2.81. The first kappa shape index (κ1) is 32.3. The van der Waals surface area contributed by atoms with E-state index in [1.54, 1.807) is 17.0 Å². The highest BCUT2D eigenvalue weighted by Gasteiger charge is 2.32. The van der Waals surface area contributed by atoms with Gasteiger partial charge in [0.1, 0.15) is 11.4 Å². The first-order chi connectivity index (χ1) is 20.3. The monoisotopic (exact) mass is 593 g/mol. The van der Waals surface area contributed by atoms with Gasteiger partial charge in [-0.25, -0.2) is 4.79 Å². The molecule has 0 spiro atoms. The number of carboxylic acid groups (broad SMARTS) is 1. The Morgan fingerprint density at radius 1 is 1.02 bits per heavy atom. The van der Waals surface area contributed by atoms with Crippen LogP contribution in [-0.2, 0) is 27.3 Å². The molecule has 1 aliphatic carbocycles. The highest BCUT2D eigenvalue weighted by molar-refractivity contribution is 5.94. The average Bonchev–Trinajstić information content (AvgIpc) is 2.92. The van der Waals surface area contributed by atoms with Gasteiger partial charge in [-0.1, -0.05) is 18.2 Å². The molecule has 1 N–H and O–H groups in total. The fraction of sp³-hybridized carbons (Fsp3) is 0.559. The van der Waals surface area contributed by atoms with Crippen LogP contribution in [-0.4, -0.2) is 77.3 Å². The van der Waals surface area contributed by atoms with Gasteiger partial charge in [-0.3, -0.25) is 14.5 Å². The molecule has 4 rings (SSSR count). The number of piperazine rings is 1. The third-order valence-corrected chi connectivity index (χ3v) is 8.36. The maximum atomic E-state index is 13.4. The molecule has 0 aromatic heterocycles. The van der Waals surface area contributed by atoms with E-state index in [4.69, 9.17) is 14.6 Å². The van der Waals surface area contributed by atoms with Gasteiger partial charge in [-0.15, -0.1) is 0 Å². The molecule has 1 atom stereocenters. The molecule has 2 aliphatic rings. The van der Waals surface area contributed by atoms with E-state index in [1.807, 2.05) is 50.9 Å². The van der Waals surface area contributed by atoms with E-state index in [2.05, 4.69) is 30.9 Å². The van der Waals surface area contributed by atoms with Gasteiger partial charge in [0.2, 0.25) is 5.91 Å². The molecule has 9 nitrogen and oxygen atoms in total. The van der Waals surface area contributed by atoms with Crippen molar-refractivity contribution in [3.8, 4) is 5.75 Å². The number of nitrogens with zero attached hydrogens (tertiary/aromatic N) is 3. The van der Waals surface area contributed by atoms with Crippen molar-refractivity contribution < 1.29 is 29.0 Å².